The maximum atomic E-state index is 3.92. The van der Waals surface area contributed by atoms with Crippen molar-refractivity contribution in [3.05, 3.63) is 30.4 Å². The van der Waals surface area contributed by atoms with Crippen LogP contribution in [0.15, 0.2) is 24.7 Å². The Kier molecular flexibility index (Phi) is 3.66. The highest BCUT2D eigenvalue weighted by atomic mass is 15.4. The summed E-state index contributed by atoms with van der Waals surface area (Å²) in [4.78, 5) is 0. The van der Waals surface area contributed by atoms with E-state index in [1.807, 2.05) is 16.9 Å². The van der Waals surface area contributed by atoms with Gasteiger partial charge in [0, 0.05) is 25.0 Å². The average Bonchev–Trinajstić information content (AvgIpc) is 2.96. The zero-order valence-electron chi connectivity index (χ0n) is 9.30. The average molecular weight is 220 g/mol. The monoisotopic (exact) mass is 220 g/mol. The lowest BCUT2D eigenvalue weighted by Crippen LogP contribution is -2.21. The molecule has 1 unspecified atom stereocenters. The van der Waals surface area contributed by atoms with Gasteiger partial charge in [0.2, 0.25) is 0 Å². The predicted molar refractivity (Wildman–Crippen MR) is 59.6 cm³/mol. The molecule has 86 valence electrons. The van der Waals surface area contributed by atoms with E-state index in [1.165, 1.54) is 0 Å². The number of hydrogen-bond donors (Lipinski definition) is 2. The second kappa shape index (κ2) is 5.41. The van der Waals surface area contributed by atoms with Gasteiger partial charge in [0.25, 0.3) is 0 Å². The summed E-state index contributed by atoms with van der Waals surface area (Å²) in [5.41, 5.74) is 1.11. The molecule has 0 aromatic carbocycles. The number of aryl methyl sites for hydroxylation is 1. The van der Waals surface area contributed by atoms with Crippen molar-refractivity contribution in [2.45, 2.75) is 25.9 Å². The maximum Gasteiger partial charge on any atom is 0.0692 e. The Bertz CT molecular complexity index is 379. The first-order valence-electron chi connectivity index (χ1n) is 5.43. The quantitative estimate of drug-likeness (QED) is 0.704. The Balaban J connectivity index is 1.65. The van der Waals surface area contributed by atoms with Crippen molar-refractivity contribution in [2.75, 3.05) is 6.54 Å². The fourth-order valence-corrected chi connectivity index (χ4v) is 1.53. The molecule has 2 heterocycles. The minimum Gasteiger partial charge on any atom is -0.309 e. The number of rotatable bonds is 6. The molecule has 0 aliphatic heterocycles. The molecule has 0 aliphatic carbocycles. The summed E-state index contributed by atoms with van der Waals surface area (Å²) in [5.74, 6) is 0. The van der Waals surface area contributed by atoms with E-state index < -0.39 is 0 Å². The molecule has 1 atom stereocenters. The second-order valence-corrected chi connectivity index (χ2v) is 3.71. The highest BCUT2D eigenvalue weighted by Crippen LogP contribution is 2.06. The number of aromatic nitrogens is 5. The van der Waals surface area contributed by atoms with Crippen molar-refractivity contribution in [3.63, 3.8) is 0 Å². The molecule has 0 saturated heterocycles. The fraction of sp³-hybridized carbons (Fsp3) is 0.500. The lowest BCUT2D eigenvalue weighted by Gasteiger charge is -2.11. The largest absolute Gasteiger partial charge is 0.309 e. The highest BCUT2D eigenvalue weighted by Gasteiger charge is 2.04. The van der Waals surface area contributed by atoms with Gasteiger partial charge in [-0.15, -0.1) is 5.10 Å². The van der Waals surface area contributed by atoms with Crippen molar-refractivity contribution in [1.29, 1.82) is 0 Å². The third kappa shape index (κ3) is 2.90. The summed E-state index contributed by atoms with van der Waals surface area (Å²) in [5, 5.41) is 18.0. The molecule has 0 spiro atoms. The minimum absolute atomic E-state index is 0.304. The van der Waals surface area contributed by atoms with E-state index in [9.17, 15) is 0 Å². The molecule has 2 aromatic heterocycles. The van der Waals surface area contributed by atoms with Crippen molar-refractivity contribution in [2.24, 2.45) is 0 Å². The second-order valence-electron chi connectivity index (χ2n) is 3.71. The van der Waals surface area contributed by atoms with Crippen LogP contribution in [0, 0.1) is 0 Å². The van der Waals surface area contributed by atoms with Gasteiger partial charge in [0.05, 0.1) is 11.9 Å². The maximum absolute atomic E-state index is 3.92. The molecular weight excluding hydrogens is 204 g/mol. The van der Waals surface area contributed by atoms with Crippen LogP contribution in [0.1, 0.15) is 25.1 Å². The molecule has 0 bridgehead atoms. The molecule has 6 heteroatoms. The van der Waals surface area contributed by atoms with Crippen LogP contribution in [0.5, 0.6) is 0 Å². The number of nitrogens with one attached hydrogen (secondary N) is 2. The van der Waals surface area contributed by atoms with Crippen LogP contribution in [0.4, 0.5) is 0 Å². The molecule has 2 N–H and O–H groups in total. The van der Waals surface area contributed by atoms with Gasteiger partial charge in [-0.2, -0.15) is 5.10 Å². The molecule has 0 radical (unpaired) electrons. The van der Waals surface area contributed by atoms with Crippen LogP contribution >= 0.6 is 0 Å². The van der Waals surface area contributed by atoms with E-state index in [1.54, 1.807) is 12.4 Å². The Labute approximate surface area is 94.1 Å². The first-order chi connectivity index (χ1) is 7.86. The van der Waals surface area contributed by atoms with E-state index in [0.717, 1.165) is 25.2 Å². The lowest BCUT2D eigenvalue weighted by molar-refractivity contribution is 0.494. The van der Waals surface area contributed by atoms with E-state index in [0.29, 0.717) is 6.04 Å². The summed E-state index contributed by atoms with van der Waals surface area (Å²) in [7, 11) is 0. The summed E-state index contributed by atoms with van der Waals surface area (Å²) >= 11 is 0. The first kappa shape index (κ1) is 10.8. The van der Waals surface area contributed by atoms with Gasteiger partial charge in [-0.05, 0) is 26.0 Å². The van der Waals surface area contributed by atoms with Gasteiger partial charge >= 0.3 is 0 Å². The smallest absolute Gasteiger partial charge is 0.0692 e. The highest BCUT2D eigenvalue weighted by molar-refractivity contribution is 5.02. The first-order valence-corrected chi connectivity index (χ1v) is 5.43. The third-order valence-electron chi connectivity index (χ3n) is 2.48. The predicted octanol–water partition coefficient (Wildman–Crippen LogP) is 0.742. The molecule has 2 rings (SSSR count). The van der Waals surface area contributed by atoms with E-state index in [4.69, 9.17) is 0 Å². The topological polar surface area (TPSA) is 71.4 Å². The molecule has 0 amide bonds. The summed E-state index contributed by atoms with van der Waals surface area (Å²) in [6, 6.07) is 2.29. The van der Waals surface area contributed by atoms with Crippen LogP contribution in [0.3, 0.4) is 0 Å². The number of hydrogen-bond acceptors (Lipinski definition) is 4. The molecule has 0 fully saturated rings. The summed E-state index contributed by atoms with van der Waals surface area (Å²) < 4.78 is 1.84. The van der Waals surface area contributed by atoms with Crippen molar-refractivity contribution in [1.82, 2.24) is 30.5 Å². The van der Waals surface area contributed by atoms with E-state index in [2.05, 4.69) is 32.7 Å². The minimum atomic E-state index is 0.304. The number of H-pyrrole nitrogens is 1. The lowest BCUT2D eigenvalue weighted by atomic mass is 10.2. The molecule has 0 saturated carbocycles. The number of nitrogens with zero attached hydrogens (tertiary/aromatic N) is 4. The summed E-state index contributed by atoms with van der Waals surface area (Å²) in [6.07, 6.45) is 6.36. The van der Waals surface area contributed by atoms with Crippen molar-refractivity contribution in [3.8, 4) is 0 Å². The molecular formula is C10H16N6. The van der Waals surface area contributed by atoms with Crippen molar-refractivity contribution < 1.29 is 0 Å². The number of aromatic amines is 1. The fourth-order valence-electron chi connectivity index (χ4n) is 1.53. The van der Waals surface area contributed by atoms with Gasteiger partial charge in [-0.3, -0.25) is 9.78 Å². The Morgan fingerprint density at radius 2 is 2.44 bits per heavy atom. The van der Waals surface area contributed by atoms with Crippen molar-refractivity contribution >= 4 is 0 Å². The van der Waals surface area contributed by atoms with Gasteiger partial charge in [-0.25, -0.2) is 0 Å². The van der Waals surface area contributed by atoms with Crippen LogP contribution in [-0.2, 0) is 6.54 Å². The Hall–Kier alpha value is -1.69. The standard InChI is InChI=1S/C10H16N6/c1-9(10-3-5-12-14-10)11-4-2-7-16-8-6-13-15-16/h3,5-6,8-9,11H,2,4,7H2,1H3,(H,12,14). The van der Waals surface area contributed by atoms with Crippen LogP contribution < -0.4 is 5.32 Å². The normalized spacial score (nSPS) is 12.8. The van der Waals surface area contributed by atoms with Crippen LogP contribution in [0.25, 0.3) is 0 Å². The van der Waals surface area contributed by atoms with Gasteiger partial charge in [0.1, 0.15) is 0 Å². The molecule has 2 aromatic rings. The Morgan fingerprint density at radius 1 is 1.50 bits per heavy atom. The van der Waals surface area contributed by atoms with E-state index >= 15 is 0 Å². The third-order valence-corrected chi connectivity index (χ3v) is 2.48. The molecule has 0 aliphatic rings. The SMILES string of the molecule is CC(NCCCn1ccnn1)c1ccn[nH]1. The molecule has 16 heavy (non-hydrogen) atoms. The zero-order valence-corrected chi connectivity index (χ0v) is 9.30. The van der Waals surface area contributed by atoms with Gasteiger partial charge < -0.3 is 5.32 Å². The van der Waals surface area contributed by atoms with Gasteiger partial charge in [-0.1, -0.05) is 5.21 Å². The van der Waals surface area contributed by atoms with Gasteiger partial charge in [0.15, 0.2) is 0 Å². The van der Waals surface area contributed by atoms with E-state index in [-0.39, 0.29) is 0 Å². The van der Waals surface area contributed by atoms with Crippen LogP contribution in [-0.4, -0.2) is 31.7 Å². The summed E-state index contributed by atoms with van der Waals surface area (Å²) in [6.45, 7) is 3.95. The molecule has 6 nitrogen and oxygen atoms in total. The zero-order chi connectivity index (χ0) is 11.2. The Morgan fingerprint density at radius 3 is 3.12 bits per heavy atom. The van der Waals surface area contributed by atoms with Crippen LogP contribution in [0.2, 0.25) is 0 Å².